The van der Waals surface area contributed by atoms with Crippen LogP contribution in [-0.4, -0.2) is 22.0 Å². The molecule has 0 saturated carbocycles. The first kappa shape index (κ1) is 16.3. The van der Waals surface area contributed by atoms with Crippen LogP contribution in [0.1, 0.15) is 38.7 Å². The zero-order chi connectivity index (χ0) is 17.4. The van der Waals surface area contributed by atoms with Gasteiger partial charge in [0.05, 0.1) is 5.56 Å². The molecule has 0 unspecified atom stereocenters. The van der Waals surface area contributed by atoms with Crippen LogP contribution in [-0.2, 0) is 6.54 Å². The van der Waals surface area contributed by atoms with E-state index in [0.717, 1.165) is 12.1 Å². The standard InChI is InChI=1S/C21H23FN2O/c1-14-6-5-7-15(2)24(14)13-16-10-11-20-19(12-16)23-21(25-20)17-8-3-4-9-18(17)22/h3-4,8-12,14-15H,5-7,13H2,1-2H3/t14-,15+. The molecule has 0 bridgehead atoms. The van der Waals surface area contributed by atoms with Gasteiger partial charge in [-0.05, 0) is 56.5 Å². The lowest BCUT2D eigenvalue weighted by atomic mass is 9.97. The first-order valence-corrected chi connectivity index (χ1v) is 9.02. The maximum atomic E-state index is 14.0. The molecule has 2 atom stereocenters. The molecule has 0 radical (unpaired) electrons. The topological polar surface area (TPSA) is 29.3 Å². The van der Waals surface area contributed by atoms with Gasteiger partial charge in [-0.2, -0.15) is 0 Å². The van der Waals surface area contributed by atoms with Crippen molar-refractivity contribution in [3.05, 3.63) is 53.8 Å². The van der Waals surface area contributed by atoms with Crippen molar-refractivity contribution in [1.82, 2.24) is 9.88 Å². The molecule has 0 amide bonds. The molecule has 4 heteroatoms. The van der Waals surface area contributed by atoms with Crippen molar-refractivity contribution in [3.8, 4) is 11.5 Å². The van der Waals surface area contributed by atoms with Crippen LogP contribution in [0.3, 0.4) is 0 Å². The van der Waals surface area contributed by atoms with E-state index in [1.165, 1.54) is 30.9 Å². The van der Waals surface area contributed by atoms with Crippen molar-refractivity contribution in [2.75, 3.05) is 0 Å². The Kier molecular flexibility index (Phi) is 4.30. The second-order valence-electron chi connectivity index (χ2n) is 7.10. The molecule has 0 spiro atoms. The summed E-state index contributed by atoms with van der Waals surface area (Å²) in [5.41, 5.74) is 3.11. The van der Waals surface area contributed by atoms with E-state index >= 15 is 0 Å². The second-order valence-corrected chi connectivity index (χ2v) is 7.10. The molecule has 1 fully saturated rings. The van der Waals surface area contributed by atoms with Crippen LogP contribution >= 0.6 is 0 Å². The highest BCUT2D eigenvalue weighted by Crippen LogP contribution is 2.29. The highest BCUT2D eigenvalue weighted by Gasteiger charge is 2.24. The van der Waals surface area contributed by atoms with Crippen molar-refractivity contribution in [2.45, 2.75) is 51.7 Å². The molecular weight excluding hydrogens is 315 g/mol. The number of hydrogen-bond donors (Lipinski definition) is 0. The molecule has 2 heterocycles. The lowest BCUT2D eigenvalue weighted by Gasteiger charge is -2.39. The monoisotopic (exact) mass is 338 g/mol. The molecule has 0 N–H and O–H groups in total. The van der Waals surface area contributed by atoms with Crippen LogP contribution in [0.5, 0.6) is 0 Å². The summed E-state index contributed by atoms with van der Waals surface area (Å²) in [7, 11) is 0. The maximum Gasteiger partial charge on any atom is 0.230 e. The van der Waals surface area contributed by atoms with Crippen LogP contribution in [0.25, 0.3) is 22.6 Å². The zero-order valence-corrected chi connectivity index (χ0v) is 14.7. The Balaban J connectivity index is 1.63. The summed E-state index contributed by atoms with van der Waals surface area (Å²) in [5.74, 6) is 0.0233. The number of nitrogens with zero attached hydrogens (tertiary/aromatic N) is 2. The third kappa shape index (κ3) is 3.19. The van der Waals surface area contributed by atoms with Crippen molar-refractivity contribution in [1.29, 1.82) is 0 Å². The Bertz CT molecular complexity index is 878. The molecule has 1 aromatic heterocycles. The molecule has 2 aromatic carbocycles. The van der Waals surface area contributed by atoms with Gasteiger partial charge < -0.3 is 4.42 Å². The van der Waals surface area contributed by atoms with E-state index in [-0.39, 0.29) is 5.82 Å². The average molecular weight is 338 g/mol. The fourth-order valence-corrected chi connectivity index (χ4v) is 3.82. The molecule has 3 aromatic rings. The number of likely N-dealkylation sites (tertiary alicyclic amines) is 1. The van der Waals surface area contributed by atoms with Crippen molar-refractivity contribution in [2.24, 2.45) is 0 Å². The summed E-state index contributed by atoms with van der Waals surface area (Å²) in [6.07, 6.45) is 3.83. The number of rotatable bonds is 3. The van der Waals surface area contributed by atoms with E-state index in [0.29, 0.717) is 29.1 Å². The van der Waals surface area contributed by atoms with E-state index in [2.05, 4.69) is 35.9 Å². The molecule has 4 rings (SSSR count). The van der Waals surface area contributed by atoms with Crippen LogP contribution in [0, 0.1) is 5.82 Å². The van der Waals surface area contributed by atoms with Gasteiger partial charge in [0.25, 0.3) is 0 Å². The predicted octanol–water partition coefficient (Wildman–Crippen LogP) is 5.40. The summed E-state index contributed by atoms with van der Waals surface area (Å²) in [6.45, 7) is 5.53. The first-order chi connectivity index (χ1) is 12.1. The van der Waals surface area contributed by atoms with Gasteiger partial charge in [-0.15, -0.1) is 0 Å². The minimum Gasteiger partial charge on any atom is -0.436 e. The fourth-order valence-electron chi connectivity index (χ4n) is 3.82. The Hall–Kier alpha value is -2.20. The number of piperidine rings is 1. The quantitative estimate of drug-likeness (QED) is 0.640. The van der Waals surface area contributed by atoms with E-state index in [4.69, 9.17) is 4.42 Å². The summed E-state index contributed by atoms with van der Waals surface area (Å²) < 4.78 is 19.7. The third-order valence-corrected chi connectivity index (χ3v) is 5.30. The number of benzene rings is 2. The van der Waals surface area contributed by atoms with Gasteiger partial charge in [-0.1, -0.05) is 24.6 Å². The second kappa shape index (κ2) is 6.60. The van der Waals surface area contributed by atoms with Crippen molar-refractivity contribution < 1.29 is 8.81 Å². The van der Waals surface area contributed by atoms with Gasteiger partial charge >= 0.3 is 0 Å². The highest BCUT2D eigenvalue weighted by molar-refractivity contribution is 5.77. The highest BCUT2D eigenvalue weighted by atomic mass is 19.1. The lowest BCUT2D eigenvalue weighted by Crippen LogP contribution is -2.42. The normalized spacial score (nSPS) is 21.7. The lowest BCUT2D eigenvalue weighted by molar-refractivity contribution is 0.0953. The summed E-state index contributed by atoms with van der Waals surface area (Å²) >= 11 is 0. The molecule has 0 aliphatic carbocycles. The van der Waals surface area contributed by atoms with E-state index < -0.39 is 0 Å². The fraction of sp³-hybridized carbons (Fsp3) is 0.381. The largest absolute Gasteiger partial charge is 0.436 e. The smallest absolute Gasteiger partial charge is 0.230 e. The number of fused-ring (bicyclic) bond motifs is 1. The van der Waals surface area contributed by atoms with Gasteiger partial charge in [0.15, 0.2) is 5.58 Å². The van der Waals surface area contributed by atoms with Crippen LogP contribution in [0.15, 0.2) is 46.9 Å². The van der Waals surface area contributed by atoms with Crippen molar-refractivity contribution in [3.63, 3.8) is 0 Å². The van der Waals surface area contributed by atoms with Gasteiger partial charge in [0.1, 0.15) is 11.3 Å². The predicted molar refractivity (Wildman–Crippen MR) is 97.7 cm³/mol. The molecule has 130 valence electrons. The minimum atomic E-state index is -0.315. The Morgan fingerprint density at radius 1 is 1.12 bits per heavy atom. The molecule has 3 nitrogen and oxygen atoms in total. The first-order valence-electron chi connectivity index (χ1n) is 9.02. The maximum absolute atomic E-state index is 14.0. The number of hydrogen-bond acceptors (Lipinski definition) is 3. The summed E-state index contributed by atoms with van der Waals surface area (Å²) in [6, 6.07) is 13.9. The van der Waals surface area contributed by atoms with Crippen LogP contribution in [0.4, 0.5) is 4.39 Å². The van der Waals surface area contributed by atoms with Crippen LogP contribution in [0.2, 0.25) is 0 Å². The van der Waals surface area contributed by atoms with Crippen LogP contribution < -0.4 is 0 Å². The summed E-state index contributed by atoms with van der Waals surface area (Å²) in [4.78, 5) is 7.07. The van der Waals surface area contributed by atoms with Gasteiger partial charge in [-0.25, -0.2) is 9.37 Å². The van der Waals surface area contributed by atoms with E-state index in [1.807, 2.05) is 6.07 Å². The summed E-state index contributed by atoms with van der Waals surface area (Å²) in [5, 5.41) is 0. The Morgan fingerprint density at radius 2 is 1.88 bits per heavy atom. The molecular formula is C21H23FN2O. The molecule has 1 aliphatic rings. The van der Waals surface area contributed by atoms with E-state index in [9.17, 15) is 4.39 Å². The van der Waals surface area contributed by atoms with Gasteiger partial charge in [0, 0.05) is 18.6 Å². The third-order valence-electron chi connectivity index (χ3n) is 5.30. The molecule has 1 saturated heterocycles. The molecule has 25 heavy (non-hydrogen) atoms. The number of halogens is 1. The average Bonchev–Trinajstić information content (AvgIpc) is 3.01. The van der Waals surface area contributed by atoms with Gasteiger partial charge in [0.2, 0.25) is 5.89 Å². The van der Waals surface area contributed by atoms with Crippen molar-refractivity contribution >= 4 is 11.1 Å². The van der Waals surface area contributed by atoms with E-state index in [1.54, 1.807) is 18.2 Å². The Morgan fingerprint density at radius 3 is 2.64 bits per heavy atom. The van der Waals surface area contributed by atoms with Gasteiger partial charge in [-0.3, -0.25) is 4.90 Å². The SMILES string of the molecule is C[C@@H]1CCC[C@H](C)N1Cc1ccc2oc(-c3ccccc3F)nc2c1. The number of aromatic nitrogens is 1. The number of oxazole rings is 1. The zero-order valence-electron chi connectivity index (χ0n) is 14.7. The Labute approximate surface area is 147 Å². The minimum absolute atomic E-state index is 0.315. The molecule has 1 aliphatic heterocycles.